The van der Waals surface area contributed by atoms with Gasteiger partial charge in [-0.1, -0.05) is 20.8 Å². The summed E-state index contributed by atoms with van der Waals surface area (Å²) in [6, 6.07) is 0. The Bertz CT molecular complexity index is 369. The van der Waals surface area contributed by atoms with E-state index in [0.717, 1.165) is 0 Å². The summed E-state index contributed by atoms with van der Waals surface area (Å²) in [6.07, 6.45) is -0.705. The number of carboxylic acid groups (broad SMARTS) is 1. The number of carbonyl (C=O) groups is 2. The number of carbonyl (C=O) groups excluding carboxylic acids is 1. The Labute approximate surface area is 125 Å². The van der Waals surface area contributed by atoms with Gasteiger partial charge < -0.3 is 19.3 Å². The summed E-state index contributed by atoms with van der Waals surface area (Å²) in [7, 11) is 0. The van der Waals surface area contributed by atoms with Crippen molar-refractivity contribution in [2.75, 3.05) is 13.2 Å². The minimum absolute atomic E-state index is 0.103. The van der Waals surface area contributed by atoms with Crippen LogP contribution in [0.4, 0.5) is 0 Å². The zero-order valence-electron chi connectivity index (χ0n) is 13.4. The number of carboxylic acids is 1. The van der Waals surface area contributed by atoms with E-state index in [4.69, 9.17) is 19.3 Å². The number of hydrogen-bond acceptors (Lipinski definition) is 5. The molecule has 1 heterocycles. The lowest BCUT2D eigenvalue weighted by Gasteiger charge is -2.43. The SMILES string of the molecule is CC(=O)OCC1O[C@@H](OC[C@H](C)C(=O)O)C(C)[C@@H](C)[C@@H]1C. The van der Waals surface area contributed by atoms with E-state index in [0.29, 0.717) is 5.92 Å². The number of rotatable bonds is 6. The first-order valence-corrected chi connectivity index (χ1v) is 7.37. The number of hydrogen-bond donors (Lipinski definition) is 1. The van der Waals surface area contributed by atoms with Gasteiger partial charge in [0.15, 0.2) is 6.29 Å². The van der Waals surface area contributed by atoms with Gasteiger partial charge in [0.05, 0.1) is 18.6 Å². The van der Waals surface area contributed by atoms with Gasteiger partial charge in [-0.2, -0.15) is 0 Å². The quantitative estimate of drug-likeness (QED) is 0.755. The van der Waals surface area contributed by atoms with E-state index in [-0.39, 0.29) is 37.1 Å². The van der Waals surface area contributed by atoms with Crippen LogP contribution >= 0.6 is 0 Å². The van der Waals surface area contributed by atoms with Crippen molar-refractivity contribution in [2.45, 2.75) is 47.0 Å². The molecule has 6 nitrogen and oxygen atoms in total. The molecular formula is C15H26O6. The van der Waals surface area contributed by atoms with Crippen LogP contribution in [0.2, 0.25) is 0 Å². The fourth-order valence-electron chi connectivity index (χ4n) is 2.38. The second kappa shape index (κ2) is 7.75. The third-order valence-electron chi connectivity index (χ3n) is 4.37. The summed E-state index contributed by atoms with van der Waals surface area (Å²) in [5.74, 6) is -1.11. The van der Waals surface area contributed by atoms with Crippen LogP contribution in [0, 0.1) is 23.7 Å². The normalized spacial score (nSPS) is 34.2. The molecule has 0 spiro atoms. The summed E-state index contributed by atoms with van der Waals surface area (Å²) in [5.41, 5.74) is 0. The molecule has 2 unspecified atom stereocenters. The number of esters is 1. The first-order valence-electron chi connectivity index (χ1n) is 7.37. The highest BCUT2D eigenvalue weighted by molar-refractivity contribution is 5.69. The average molecular weight is 302 g/mol. The van der Waals surface area contributed by atoms with Crippen LogP contribution in [-0.4, -0.2) is 42.7 Å². The molecule has 21 heavy (non-hydrogen) atoms. The molecule has 6 heteroatoms. The lowest BCUT2D eigenvalue weighted by atomic mass is 9.79. The van der Waals surface area contributed by atoms with Crippen LogP contribution in [0.1, 0.15) is 34.6 Å². The predicted octanol–water partition coefficient (Wildman–Crippen LogP) is 1.92. The van der Waals surface area contributed by atoms with E-state index in [9.17, 15) is 9.59 Å². The molecule has 1 saturated heterocycles. The molecule has 0 saturated carbocycles. The summed E-state index contributed by atoms with van der Waals surface area (Å²) < 4.78 is 16.5. The monoisotopic (exact) mass is 302 g/mol. The van der Waals surface area contributed by atoms with Crippen LogP contribution in [-0.2, 0) is 23.8 Å². The van der Waals surface area contributed by atoms with E-state index >= 15 is 0 Å². The minimum atomic E-state index is -0.892. The summed E-state index contributed by atoms with van der Waals surface area (Å²) in [6.45, 7) is 9.45. The maximum absolute atomic E-state index is 10.9. The highest BCUT2D eigenvalue weighted by Gasteiger charge is 2.40. The van der Waals surface area contributed by atoms with Crippen LogP contribution in [0.15, 0.2) is 0 Å². The van der Waals surface area contributed by atoms with Crippen molar-refractivity contribution < 1.29 is 28.9 Å². The molecule has 0 radical (unpaired) electrons. The standard InChI is InChI=1S/C15H26O6/c1-8(14(17)18)6-20-15-11(4)9(2)10(3)13(21-15)7-19-12(5)16/h8-11,13,15H,6-7H2,1-5H3,(H,17,18)/t8-,9-,10-,11?,13?,15+/m0/s1. The Kier molecular flexibility index (Phi) is 6.61. The van der Waals surface area contributed by atoms with Crippen molar-refractivity contribution in [3.8, 4) is 0 Å². The summed E-state index contributed by atoms with van der Waals surface area (Å²) in [5, 5.41) is 8.89. The van der Waals surface area contributed by atoms with E-state index in [2.05, 4.69) is 13.8 Å². The van der Waals surface area contributed by atoms with E-state index < -0.39 is 18.2 Å². The van der Waals surface area contributed by atoms with Crippen molar-refractivity contribution in [3.63, 3.8) is 0 Å². The molecule has 0 aromatic carbocycles. The van der Waals surface area contributed by atoms with Crippen LogP contribution in [0.3, 0.4) is 0 Å². The molecule has 1 aliphatic heterocycles. The third-order valence-corrected chi connectivity index (χ3v) is 4.37. The summed E-state index contributed by atoms with van der Waals surface area (Å²) >= 11 is 0. The fraction of sp³-hybridized carbons (Fsp3) is 0.867. The maximum Gasteiger partial charge on any atom is 0.308 e. The third kappa shape index (κ3) is 4.97. The summed E-state index contributed by atoms with van der Waals surface area (Å²) in [4.78, 5) is 21.8. The van der Waals surface area contributed by atoms with Gasteiger partial charge >= 0.3 is 11.9 Å². The second-order valence-electron chi connectivity index (χ2n) is 6.00. The van der Waals surface area contributed by atoms with E-state index in [1.807, 2.05) is 6.92 Å². The van der Waals surface area contributed by atoms with E-state index in [1.54, 1.807) is 6.92 Å². The van der Waals surface area contributed by atoms with Crippen LogP contribution in [0.5, 0.6) is 0 Å². The highest BCUT2D eigenvalue weighted by atomic mass is 16.7. The lowest BCUT2D eigenvalue weighted by Crippen LogP contribution is -2.48. The van der Waals surface area contributed by atoms with Crippen molar-refractivity contribution >= 4 is 11.9 Å². The Balaban J connectivity index is 2.61. The van der Waals surface area contributed by atoms with Gasteiger partial charge in [-0.3, -0.25) is 9.59 Å². The Morgan fingerprint density at radius 3 is 2.33 bits per heavy atom. The molecule has 0 amide bonds. The first kappa shape index (κ1) is 17.9. The van der Waals surface area contributed by atoms with Crippen LogP contribution in [0.25, 0.3) is 0 Å². The van der Waals surface area contributed by atoms with E-state index in [1.165, 1.54) is 6.92 Å². The maximum atomic E-state index is 10.9. The Morgan fingerprint density at radius 1 is 1.19 bits per heavy atom. The molecule has 0 aromatic heterocycles. The van der Waals surface area contributed by atoms with Gasteiger partial charge in [0.1, 0.15) is 6.61 Å². The first-order chi connectivity index (χ1) is 9.73. The number of ether oxygens (including phenoxy) is 3. The van der Waals surface area contributed by atoms with Gasteiger partial charge in [0, 0.05) is 12.8 Å². The average Bonchev–Trinajstić information content (AvgIpc) is 2.42. The molecular weight excluding hydrogens is 276 g/mol. The molecule has 1 fully saturated rings. The molecule has 122 valence electrons. The van der Waals surface area contributed by atoms with Gasteiger partial charge in [0.2, 0.25) is 0 Å². The van der Waals surface area contributed by atoms with Crippen LogP contribution < -0.4 is 0 Å². The zero-order valence-corrected chi connectivity index (χ0v) is 13.4. The Morgan fingerprint density at radius 2 is 1.81 bits per heavy atom. The van der Waals surface area contributed by atoms with Crippen molar-refractivity contribution in [1.82, 2.24) is 0 Å². The molecule has 0 bridgehead atoms. The molecule has 0 aromatic rings. The minimum Gasteiger partial charge on any atom is -0.481 e. The van der Waals surface area contributed by atoms with Gasteiger partial charge in [-0.15, -0.1) is 0 Å². The lowest BCUT2D eigenvalue weighted by molar-refractivity contribution is -0.258. The van der Waals surface area contributed by atoms with Gasteiger partial charge in [-0.25, -0.2) is 0 Å². The molecule has 1 N–H and O–H groups in total. The molecule has 1 rings (SSSR count). The van der Waals surface area contributed by atoms with Crippen molar-refractivity contribution in [2.24, 2.45) is 23.7 Å². The smallest absolute Gasteiger partial charge is 0.308 e. The molecule has 0 aliphatic carbocycles. The van der Waals surface area contributed by atoms with Gasteiger partial charge in [0.25, 0.3) is 0 Å². The topological polar surface area (TPSA) is 82.1 Å². The largest absolute Gasteiger partial charge is 0.481 e. The van der Waals surface area contributed by atoms with Crippen molar-refractivity contribution in [3.05, 3.63) is 0 Å². The van der Waals surface area contributed by atoms with Crippen molar-refractivity contribution in [1.29, 1.82) is 0 Å². The number of aliphatic carboxylic acids is 1. The zero-order chi connectivity index (χ0) is 16.2. The fourth-order valence-corrected chi connectivity index (χ4v) is 2.38. The Hall–Kier alpha value is -1.14. The molecule has 6 atom stereocenters. The molecule has 1 aliphatic rings. The predicted molar refractivity (Wildman–Crippen MR) is 75.5 cm³/mol. The second-order valence-corrected chi connectivity index (χ2v) is 6.00. The van der Waals surface area contributed by atoms with Gasteiger partial charge in [-0.05, 0) is 18.8 Å². The highest BCUT2D eigenvalue weighted by Crippen LogP contribution is 2.35.